The average Bonchev–Trinajstić information content (AvgIpc) is 0.820. The molecule has 0 radical (unpaired) electrons. The summed E-state index contributed by atoms with van der Waals surface area (Å²) >= 11 is 0. The molecule has 546 valence electrons. The summed E-state index contributed by atoms with van der Waals surface area (Å²) in [5.41, 5.74) is 16.5. The number of ketones is 3. The van der Waals surface area contributed by atoms with E-state index in [2.05, 4.69) is 16.0 Å². The van der Waals surface area contributed by atoms with Crippen LogP contribution in [-0.4, -0.2) is 177 Å². The van der Waals surface area contributed by atoms with Gasteiger partial charge in [-0.1, -0.05) is 0 Å². The third-order valence-electron chi connectivity index (χ3n) is 14.5. The highest BCUT2D eigenvalue weighted by molar-refractivity contribution is 6.01. The van der Waals surface area contributed by atoms with Gasteiger partial charge >= 0.3 is 12.2 Å². The summed E-state index contributed by atoms with van der Waals surface area (Å²) in [6.45, 7) is 17.5. The Balaban J connectivity index is 0.000000347. The number of benzene rings is 4. The first-order chi connectivity index (χ1) is 46.5. The molecule has 23 nitrogen and oxygen atoms in total. The molecule has 0 saturated heterocycles. The van der Waals surface area contributed by atoms with Crippen molar-refractivity contribution in [3.05, 3.63) is 165 Å². The van der Waals surface area contributed by atoms with Gasteiger partial charge < -0.3 is 70.5 Å². The quantitative estimate of drug-likeness (QED) is 0.0408. The van der Waals surface area contributed by atoms with Crippen LogP contribution >= 0.6 is 24.8 Å². The molecular formula is C71H90Cl2F4N8O15. The second kappa shape index (κ2) is 41.3. The first-order valence-electron chi connectivity index (χ1n) is 31.6. The number of Topliss-reactive ketones (excluding diaryl/α,β-unsaturated/α-hetero) is 3. The fourth-order valence-electron chi connectivity index (χ4n) is 9.78. The van der Waals surface area contributed by atoms with Gasteiger partial charge in [-0.15, -0.1) is 24.8 Å². The lowest BCUT2D eigenvalue weighted by Crippen LogP contribution is -2.40. The normalized spacial score (nSPS) is 14.2. The summed E-state index contributed by atoms with van der Waals surface area (Å²) in [6.07, 6.45) is 3.08. The number of fused-ring (bicyclic) bond motifs is 4. The Bertz CT molecular complexity index is 3560. The Morgan fingerprint density at radius 2 is 0.740 bits per heavy atom. The van der Waals surface area contributed by atoms with E-state index in [-0.39, 0.29) is 149 Å². The lowest BCUT2D eigenvalue weighted by molar-refractivity contribution is -0.118. The average molecular weight is 1440 g/mol. The molecule has 4 aliphatic rings. The van der Waals surface area contributed by atoms with Crippen molar-refractivity contribution in [3.63, 3.8) is 0 Å². The van der Waals surface area contributed by atoms with E-state index in [0.29, 0.717) is 127 Å². The van der Waals surface area contributed by atoms with E-state index in [1.807, 2.05) is 0 Å². The molecule has 7 N–H and O–H groups in total. The number of carbonyl (C=O) groups is 9. The molecule has 0 aliphatic carbocycles. The molecule has 100 heavy (non-hydrogen) atoms. The summed E-state index contributed by atoms with van der Waals surface area (Å²) in [5.74, 6) is 1.47. The predicted octanol–water partition coefficient (Wildman–Crippen LogP) is 9.53. The maximum atomic E-state index is 13.1. The van der Waals surface area contributed by atoms with E-state index in [1.165, 1.54) is 25.7 Å². The fraction of sp³-hybridized carbons (Fsp3) is 0.423. The van der Waals surface area contributed by atoms with Gasteiger partial charge in [0.2, 0.25) is 0 Å². The molecule has 4 aliphatic heterocycles. The van der Waals surface area contributed by atoms with Crippen molar-refractivity contribution >= 4 is 78.0 Å². The number of nitrogens with zero attached hydrogens (tertiary/aromatic N) is 3. The summed E-state index contributed by atoms with van der Waals surface area (Å²) < 4.78 is 83.3. The highest BCUT2D eigenvalue weighted by Gasteiger charge is 2.29. The Labute approximate surface area is 592 Å². The number of hydrogen-bond donors (Lipinski definition) is 5. The molecule has 0 atom stereocenters. The van der Waals surface area contributed by atoms with Crippen LogP contribution in [0.4, 0.5) is 27.2 Å². The molecule has 0 fully saturated rings. The Morgan fingerprint density at radius 1 is 0.460 bits per heavy atom. The van der Waals surface area contributed by atoms with Gasteiger partial charge in [-0.25, -0.2) is 27.2 Å². The Morgan fingerprint density at radius 3 is 1.01 bits per heavy atom. The number of carbonyl (C=O) groups excluding carboxylic acids is 9. The summed E-state index contributed by atoms with van der Waals surface area (Å²) in [5, 5.41) is 7.73. The molecule has 4 aromatic rings. The van der Waals surface area contributed by atoms with Gasteiger partial charge in [0.05, 0.1) is 45.0 Å². The highest BCUT2D eigenvalue weighted by Crippen LogP contribution is 2.28. The monoisotopic (exact) mass is 1440 g/mol. The van der Waals surface area contributed by atoms with E-state index >= 15 is 0 Å². The zero-order valence-corrected chi connectivity index (χ0v) is 59.3. The van der Waals surface area contributed by atoms with Crippen LogP contribution in [0.2, 0.25) is 0 Å². The minimum Gasteiger partial charge on any atom is -0.489 e. The van der Waals surface area contributed by atoms with Crippen LogP contribution in [-0.2, 0) is 49.5 Å². The minimum atomic E-state index is -0.640. The van der Waals surface area contributed by atoms with Crippen molar-refractivity contribution in [1.82, 2.24) is 30.7 Å². The van der Waals surface area contributed by atoms with E-state index in [9.17, 15) is 60.7 Å². The van der Waals surface area contributed by atoms with E-state index in [4.69, 9.17) is 39.9 Å². The van der Waals surface area contributed by atoms with Gasteiger partial charge in [0, 0.05) is 96.9 Å². The van der Waals surface area contributed by atoms with Gasteiger partial charge in [0.1, 0.15) is 78.0 Å². The lowest BCUT2D eigenvalue weighted by atomic mass is 9.98. The highest BCUT2D eigenvalue weighted by atomic mass is 35.5. The molecule has 0 unspecified atom stereocenters. The number of halogens is 6. The topological polar surface area (TPSA) is 307 Å². The fourth-order valence-corrected chi connectivity index (χ4v) is 9.78. The lowest BCUT2D eigenvalue weighted by Gasteiger charge is -2.28. The smallest absolute Gasteiger partial charge is 0.407 e. The van der Waals surface area contributed by atoms with Crippen molar-refractivity contribution in [3.8, 4) is 23.0 Å². The van der Waals surface area contributed by atoms with Crippen LogP contribution in [0.25, 0.3) is 0 Å². The maximum Gasteiger partial charge on any atom is 0.407 e. The third kappa shape index (κ3) is 28.1. The van der Waals surface area contributed by atoms with Crippen LogP contribution in [0.5, 0.6) is 23.0 Å². The van der Waals surface area contributed by atoms with Gasteiger partial charge in [0.15, 0.2) is 0 Å². The number of alkyl carbamates (subject to hydrolysis) is 2. The van der Waals surface area contributed by atoms with Crippen LogP contribution in [0.1, 0.15) is 126 Å². The van der Waals surface area contributed by atoms with Gasteiger partial charge in [-0.2, -0.15) is 0 Å². The summed E-state index contributed by atoms with van der Waals surface area (Å²) in [7, 11) is 0. The van der Waals surface area contributed by atoms with Crippen molar-refractivity contribution < 1.29 is 89.1 Å². The maximum absolute atomic E-state index is 13.1. The second-order valence-electron chi connectivity index (χ2n) is 25.2. The minimum absolute atomic E-state index is 0. The molecule has 0 saturated carbocycles. The van der Waals surface area contributed by atoms with Crippen molar-refractivity contribution in [2.45, 2.75) is 99.2 Å². The Kier molecular flexibility index (Phi) is 35.1. The van der Waals surface area contributed by atoms with Crippen LogP contribution in [0.15, 0.2) is 120 Å². The molecule has 0 aromatic heterocycles. The van der Waals surface area contributed by atoms with Crippen LogP contribution in [0, 0.1) is 0 Å². The second-order valence-corrected chi connectivity index (χ2v) is 25.2. The number of ether oxygens (including phenoxy) is 6. The van der Waals surface area contributed by atoms with Crippen molar-refractivity contribution in [1.29, 1.82) is 0 Å². The van der Waals surface area contributed by atoms with Crippen LogP contribution < -0.4 is 46.4 Å². The zero-order valence-electron chi connectivity index (χ0n) is 57.6. The van der Waals surface area contributed by atoms with Gasteiger partial charge in [0.25, 0.3) is 23.6 Å². The number of hydrogen-bond acceptors (Lipinski definition) is 17. The van der Waals surface area contributed by atoms with E-state index in [1.54, 1.807) is 124 Å². The number of nitrogens with two attached hydrogens (primary N) is 2. The molecule has 29 heteroatoms. The molecule has 8 rings (SSSR count). The predicted molar refractivity (Wildman–Crippen MR) is 372 cm³/mol. The number of nitrogens with one attached hydrogen (secondary N) is 3. The third-order valence-corrected chi connectivity index (χ3v) is 14.5. The van der Waals surface area contributed by atoms with Gasteiger partial charge in [-0.3, -0.25) is 33.6 Å². The van der Waals surface area contributed by atoms with E-state index in [0.717, 1.165) is 28.7 Å². The van der Waals surface area contributed by atoms with Gasteiger partial charge in [-0.05, 0) is 183 Å². The number of rotatable bonds is 24. The Hall–Kier alpha value is -9.31. The molecular weight excluding hydrogens is 1350 g/mol. The molecule has 6 amide bonds. The largest absolute Gasteiger partial charge is 0.489 e. The van der Waals surface area contributed by atoms with Crippen LogP contribution in [0.3, 0.4) is 0 Å². The zero-order chi connectivity index (χ0) is 72.3. The SMILES string of the molecule is CC(=O)CN1CCc2cc(OC/C(=C/F)CN)ccc2C1=O.CC(=O)CN1CCc2cc(OC/C(=C/F)CN)ccc2C1=O.CC(=O)CN1CCc2cc(OC/C(=C/F)CNC(=O)OC(C)(C)C)ccc2C1=O.CC(C)(C)OC(=O)NC/C(=C\F)COc1ccc2c(c1)CCNC2=O.Cl.Cl. The summed E-state index contributed by atoms with van der Waals surface area (Å²) in [4.78, 5) is 110. The van der Waals surface area contributed by atoms with Crippen molar-refractivity contribution in [2.24, 2.45) is 11.5 Å². The number of amides is 6. The van der Waals surface area contributed by atoms with E-state index < -0.39 is 23.4 Å². The first-order valence-corrected chi connectivity index (χ1v) is 31.6. The standard InChI is InChI=1S/C21H27FN2O5.C18H23FN2O4.2C16H19FN2O3.2ClH/c1-14(25)12-24-8-7-16-9-17(5-6-18(16)19(24)26)28-13-15(10-22)11-23-20(27)29-21(2,3)4;1-18(2,3)25-17(23)21-10-12(9-19)11-24-14-4-5-15-13(8-14)6-7-20-16(15)22;2*1-11(20)9-19-5-4-13-6-14(2-3-15(13)16(19)21)22-10-12(7-17)8-18;;/h5-6,9-10H,7-8,11-13H2,1-4H3,(H,23,27);4-5,8-9H,6-7,10-11H2,1-3H3,(H,20,22)(H,21,23);2*2-3,6-7H,4-5,8-10,18H2,1H3;2*1H/b15-10+;12-9+;2*12-7+;;. The molecule has 0 spiro atoms. The molecule has 4 heterocycles. The van der Waals surface area contributed by atoms with Crippen molar-refractivity contribution in [2.75, 3.05) is 98.4 Å². The summed E-state index contributed by atoms with van der Waals surface area (Å²) in [6, 6.07) is 20.4. The molecule has 4 aromatic carbocycles. The first kappa shape index (κ1) is 84.9. The molecule has 0 bridgehead atoms.